The fourth-order valence-corrected chi connectivity index (χ4v) is 4.49. The van der Waals surface area contributed by atoms with Gasteiger partial charge < -0.3 is 14.2 Å². The molecule has 0 N–H and O–H groups in total. The molecule has 4 nitrogen and oxygen atoms in total. The Morgan fingerprint density at radius 2 is 1.88 bits per heavy atom. The number of allylic oxidation sites excluding steroid dienone is 3. The quantitative estimate of drug-likeness (QED) is 0.405. The molecule has 0 aromatic rings. The van der Waals surface area contributed by atoms with Gasteiger partial charge in [-0.1, -0.05) is 23.3 Å². The average Bonchev–Trinajstić information content (AvgIpc) is 3.28. The van der Waals surface area contributed by atoms with Crippen molar-refractivity contribution in [3.63, 3.8) is 0 Å². The molecule has 3 aliphatic rings. The highest BCUT2D eigenvalue weighted by molar-refractivity contribution is 5.66. The maximum Gasteiger partial charge on any atom is 0.303 e. The Balaban J connectivity index is 1.91. The lowest BCUT2D eigenvalue weighted by atomic mass is 9.76. The Hall–Kier alpha value is -1.13. The zero-order chi connectivity index (χ0) is 18.9. The number of carbonyl (C=O) groups is 1. The second kappa shape index (κ2) is 7.47. The van der Waals surface area contributed by atoms with Gasteiger partial charge in [-0.05, 0) is 66.2 Å². The molecule has 5 atom stereocenters. The summed E-state index contributed by atoms with van der Waals surface area (Å²) in [6.45, 7) is 11.0. The van der Waals surface area contributed by atoms with Gasteiger partial charge in [-0.25, -0.2) is 0 Å². The third-order valence-electron chi connectivity index (χ3n) is 6.41. The van der Waals surface area contributed by atoms with E-state index < -0.39 is 5.60 Å². The van der Waals surface area contributed by atoms with Crippen LogP contribution in [-0.4, -0.2) is 36.0 Å². The van der Waals surface area contributed by atoms with E-state index in [0.29, 0.717) is 5.92 Å². The van der Waals surface area contributed by atoms with Crippen molar-refractivity contribution in [1.29, 1.82) is 0 Å². The van der Waals surface area contributed by atoms with Crippen LogP contribution in [0.3, 0.4) is 0 Å². The molecule has 4 heteroatoms. The highest BCUT2D eigenvalue weighted by Crippen LogP contribution is 2.48. The molecular weight excluding hydrogens is 328 g/mol. The number of epoxide rings is 1. The fraction of sp³-hybridized carbons (Fsp3) is 0.773. The molecule has 2 saturated heterocycles. The van der Waals surface area contributed by atoms with E-state index in [4.69, 9.17) is 14.2 Å². The minimum atomic E-state index is -0.450. The first-order valence-corrected chi connectivity index (χ1v) is 10.0. The second-order valence-electron chi connectivity index (χ2n) is 8.88. The van der Waals surface area contributed by atoms with E-state index in [1.807, 2.05) is 0 Å². The number of hydrogen-bond acceptors (Lipinski definition) is 4. The van der Waals surface area contributed by atoms with Crippen molar-refractivity contribution in [2.45, 2.75) is 96.6 Å². The maximum absolute atomic E-state index is 11.7. The highest BCUT2D eigenvalue weighted by atomic mass is 16.6. The monoisotopic (exact) mass is 362 g/mol. The predicted octanol–water partition coefficient (Wildman–Crippen LogP) is 4.73. The van der Waals surface area contributed by atoms with Crippen LogP contribution < -0.4 is 0 Å². The van der Waals surface area contributed by atoms with E-state index in [1.165, 1.54) is 18.1 Å². The summed E-state index contributed by atoms with van der Waals surface area (Å²) in [4.78, 5) is 11.7. The van der Waals surface area contributed by atoms with Gasteiger partial charge in [0.1, 0.15) is 11.7 Å². The molecule has 26 heavy (non-hydrogen) atoms. The van der Waals surface area contributed by atoms with Gasteiger partial charge in [-0.2, -0.15) is 0 Å². The SMILES string of the molecule is CC(=O)O[C@@H]1CC/C(C)=C\CC/C(C)=C\[C@H]2O[C@]1(C)CC[C@@H]2[C@@]1(C)CO1. The van der Waals surface area contributed by atoms with Crippen molar-refractivity contribution in [3.05, 3.63) is 23.3 Å². The summed E-state index contributed by atoms with van der Waals surface area (Å²) in [7, 11) is 0. The Kier molecular flexibility index (Phi) is 5.64. The molecule has 146 valence electrons. The molecule has 0 saturated carbocycles. The highest BCUT2D eigenvalue weighted by Gasteiger charge is 2.55. The van der Waals surface area contributed by atoms with Crippen molar-refractivity contribution in [2.75, 3.05) is 6.61 Å². The Morgan fingerprint density at radius 3 is 2.54 bits per heavy atom. The van der Waals surface area contributed by atoms with Crippen LogP contribution in [0.15, 0.2) is 23.3 Å². The molecule has 0 aromatic carbocycles. The van der Waals surface area contributed by atoms with Crippen LogP contribution in [0.4, 0.5) is 0 Å². The molecule has 0 aromatic heterocycles. The maximum atomic E-state index is 11.7. The fourth-order valence-electron chi connectivity index (χ4n) is 4.49. The van der Waals surface area contributed by atoms with E-state index in [-0.39, 0.29) is 23.8 Å². The Labute approximate surface area is 158 Å². The first-order chi connectivity index (χ1) is 12.2. The van der Waals surface area contributed by atoms with Crippen molar-refractivity contribution in [1.82, 2.24) is 0 Å². The zero-order valence-electron chi connectivity index (χ0n) is 17.0. The Bertz CT molecular complexity index is 601. The summed E-state index contributed by atoms with van der Waals surface area (Å²) in [5, 5.41) is 0. The van der Waals surface area contributed by atoms with Gasteiger partial charge in [0, 0.05) is 12.8 Å². The van der Waals surface area contributed by atoms with Crippen molar-refractivity contribution < 1.29 is 19.0 Å². The molecule has 3 heterocycles. The molecular formula is C22H34O4. The summed E-state index contributed by atoms with van der Waals surface area (Å²) >= 11 is 0. The second-order valence-corrected chi connectivity index (χ2v) is 8.88. The Morgan fingerprint density at radius 1 is 1.15 bits per heavy atom. The molecule has 0 radical (unpaired) electrons. The van der Waals surface area contributed by atoms with E-state index in [1.54, 1.807) is 0 Å². The number of rotatable bonds is 2. The molecule has 0 amide bonds. The largest absolute Gasteiger partial charge is 0.459 e. The van der Waals surface area contributed by atoms with Gasteiger partial charge in [0.15, 0.2) is 0 Å². The lowest BCUT2D eigenvalue weighted by Crippen LogP contribution is -2.53. The minimum Gasteiger partial charge on any atom is -0.459 e. The van der Waals surface area contributed by atoms with Crippen molar-refractivity contribution in [3.8, 4) is 0 Å². The summed E-state index contributed by atoms with van der Waals surface area (Å²) in [5.74, 6) is 0.139. The lowest BCUT2D eigenvalue weighted by Gasteiger charge is -2.47. The number of esters is 1. The molecule has 0 aliphatic carbocycles. The number of fused-ring (bicyclic) bond motifs is 2. The molecule has 3 rings (SSSR count). The zero-order valence-corrected chi connectivity index (χ0v) is 17.0. The van der Waals surface area contributed by atoms with Crippen LogP contribution in [0.5, 0.6) is 0 Å². The average molecular weight is 363 g/mol. The summed E-state index contributed by atoms with van der Waals surface area (Å²) in [5.41, 5.74) is 2.21. The molecule has 2 bridgehead atoms. The first-order valence-electron chi connectivity index (χ1n) is 10.0. The number of ether oxygens (including phenoxy) is 3. The summed E-state index contributed by atoms with van der Waals surface area (Å²) < 4.78 is 18.2. The van der Waals surface area contributed by atoms with Gasteiger partial charge in [-0.15, -0.1) is 0 Å². The van der Waals surface area contributed by atoms with Crippen LogP contribution in [-0.2, 0) is 19.0 Å². The summed E-state index contributed by atoms with van der Waals surface area (Å²) in [6, 6.07) is 0. The minimum absolute atomic E-state index is 0.0174. The van der Waals surface area contributed by atoms with E-state index in [2.05, 4.69) is 39.8 Å². The van der Waals surface area contributed by atoms with Crippen molar-refractivity contribution in [2.24, 2.45) is 5.92 Å². The first kappa shape index (κ1) is 19.6. The molecule has 0 unspecified atom stereocenters. The van der Waals surface area contributed by atoms with Crippen LogP contribution in [0.25, 0.3) is 0 Å². The number of hydrogen-bond donors (Lipinski definition) is 0. The third kappa shape index (κ3) is 4.40. The predicted molar refractivity (Wildman–Crippen MR) is 102 cm³/mol. The normalized spacial score (nSPS) is 45.2. The standard InChI is InChI=1S/C22H34O4/c1-15-7-6-8-16(2)13-19-18(22(5)14-24-22)11-12-21(4,26-19)20(10-9-15)25-17(3)23/h7,13,18-20H,6,8-12,14H2,1-5H3/b15-7-,16-13-/t18-,19+,20+,21+,22+/m0/s1. The smallest absolute Gasteiger partial charge is 0.303 e. The van der Waals surface area contributed by atoms with Gasteiger partial charge >= 0.3 is 5.97 Å². The van der Waals surface area contributed by atoms with Gasteiger partial charge in [0.2, 0.25) is 0 Å². The van der Waals surface area contributed by atoms with E-state index in [0.717, 1.165) is 45.1 Å². The van der Waals surface area contributed by atoms with Crippen LogP contribution in [0.2, 0.25) is 0 Å². The van der Waals surface area contributed by atoms with Gasteiger partial charge in [0.25, 0.3) is 0 Å². The lowest BCUT2D eigenvalue weighted by molar-refractivity contribution is -0.202. The van der Waals surface area contributed by atoms with Gasteiger partial charge in [0.05, 0.1) is 18.3 Å². The van der Waals surface area contributed by atoms with Crippen LogP contribution in [0, 0.1) is 5.92 Å². The van der Waals surface area contributed by atoms with Crippen molar-refractivity contribution >= 4 is 5.97 Å². The number of carbonyl (C=O) groups excluding carboxylic acids is 1. The van der Waals surface area contributed by atoms with Crippen LogP contribution in [0.1, 0.15) is 73.1 Å². The topological polar surface area (TPSA) is 48.1 Å². The molecule has 3 aliphatic heterocycles. The van der Waals surface area contributed by atoms with Crippen LogP contribution >= 0.6 is 0 Å². The molecule has 0 spiro atoms. The van der Waals surface area contributed by atoms with Gasteiger partial charge in [-0.3, -0.25) is 4.79 Å². The molecule has 2 fully saturated rings. The van der Waals surface area contributed by atoms with E-state index >= 15 is 0 Å². The van der Waals surface area contributed by atoms with E-state index in [9.17, 15) is 4.79 Å². The summed E-state index contributed by atoms with van der Waals surface area (Å²) in [6.07, 6.45) is 10.2. The third-order valence-corrected chi connectivity index (χ3v) is 6.41.